The molecule has 0 spiro atoms. The molecule has 1 aromatic heterocycles. The summed E-state index contributed by atoms with van der Waals surface area (Å²) in [4.78, 5) is 10.9. The quantitative estimate of drug-likeness (QED) is 0.841. The zero-order valence-electron chi connectivity index (χ0n) is 9.05. The maximum absolute atomic E-state index is 13.2. The standard InChI is InChI=1S/C10H12ClF2N3O/c11-10(12,13)9-6-3-1-2-4-7(6)16(15-9)5-8(14)17/h1-5H2,(H2,14,17). The van der Waals surface area contributed by atoms with Crippen molar-refractivity contribution in [2.75, 3.05) is 0 Å². The summed E-state index contributed by atoms with van der Waals surface area (Å²) in [6.45, 7) is -0.185. The van der Waals surface area contributed by atoms with Gasteiger partial charge in [-0.25, -0.2) is 0 Å². The second-order valence-electron chi connectivity index (χ2n) is 4.10. The van der Waals surface area contributed by atoms with Crippen molar-refractivity contribution in [3.05, 3.63) is 17.0 Å². The Kier molecular flexibility index (Phi) is 3.07. The van der Waals surface area contributed by atoms with Gasteiger partial charge in [0.15, 0.2) is 5.69 Å². The van der Waals surface area contributed by atoms with E-state index < -0.39 is 17.0 Å². The van der Waals surface area contributed by atoms with Crippen molar-refractivity contribution in [2.45, 2.75) is 37.6 Å². The van der Waals surface area contributed by atoms with Gasteiger partial charge < -0.3 is 5.73 Å². The van der Waals surface area contributed by atoms with Gasteiger partial charge in [-0.3, -0.25) is 9.48 Å². The number of hydrogen-bond donors (Lipinski definition) is 1. The average molecular weight is 264 g/mol. The zero-order chi connectivity index (χ0) is 12.6. The molecule has 17 heavy (non-hydrogen) atoms. The van der Waals surface area contributed by atoms with Crippen molar-refractivity contribution in [1.82, 2.24) is 9.78 Å². The van der Waals surface area contributed by atoms with Crippen LogP contribution in [0.15, 0.2) is 0 Å². The largest absolute Gasteiger partial charge is 0.368 e. The number of rotatable bonds is 3. The lowest BCUT2D eigenvalue weighted by atomic mass is 9.95. The van der Waals surface area contributed by atoms with Gasteiger partial charge in [0, 0.05) is 11.3 Å². The van der Waals surface area contributed by atoms with E-state index in [-0.39, 0.29) is 6.54 Å². The molecule has 1 heterocycles. The number of amides is 1. The van der Waals surface area contributed by atoms with Crippen LogP contribution in [0.25, 0.3) is 0 Å². The van der Waals surface area contributed by atoms with Crippen molar-refractivity contribution < 1.29 is 13.6 Å². The SMILES string of the molecule is NC(=O)Cn1nc(C(F)(F)Cl)c2c1CCCC2. The third kappa shape index (κ3) is 2.41. The number of alkyl halides is 3. The molecule has 1 aromatic rings. The van der Waals surface area contributed by atoms with Crippen LogP contribution in [0, 0.1) is 0 Å². The van der Waals surface area contributed by atoms with Crippen LogP contribution in [-0.2, 0) is 29.6 Å². The van der Waals surface area contributed by atoms with Gasteiger partial charge in [-0.1, -0.05) is 0 Å². The summed E-state index contributed by atoms with van der Waals surface area (Å²) in [5.41, 5.74) is 5.75. The molecule has 4 nitrogen and oxygen atoms in total. The third-order valence-corrected chi connectivity index (χ3v) is 3.01. The van der Waals surface area contributed by atoms with Gasteiger partial charge in [0.25, 0.3) is 0 Å². The van der Waals surface area contributed by atoms with Crippen LogP contribution in [0.3, 0.4) is 0 Å². The van der Waals surface area contributed by atoms with E-state index in [0.717, 1.165) is 12.8 Å². The van der Waals surface area contributed by atoms with Gasteiger partial charge in [-0.15, -0.1) is 0 Å². The molecule has 2 rings (SSSR count). The number of carbonyl (C=O) groups is 1. The molecule has 0 bridgehead atoms. The molecule has 94 valence electrons. The summed E-state index contributed by atoms with van der Waals surface area (Å²) in [5.74, 6) is -0.606. The first kappa shape index (κ1) is 12.3. The van der Waals surface area contributed by atoms with Crippen molar-refractivity contribution in [3.63, 3.8) is 0 Å². The lowest BCUT2D eigenvalue weighted by Crippen LogP contribution is -2.21. The molecule has 0 atom stereocenters. The predicted octanol–water partition coefficient (Wildman–Crippen LogP) is 1.54. The van der Waals surface area contributed by atoms with E-state index in [9.17, 15) is 13.6 Å². The van der Waals surface area contributed by atoms with Gasteiger partial charge >= 0.3 is 5.38 Å². The van der Waals surface area contributed by atoms with Crippen LogP contribution in [-0.4, -0.2) is 15.7 Å². The first-order valence-electron chi connectivity index (χ1n) is 5.33. The van der Waals surface area contributed by atoms with Gasteiger partial charge in [0.05, 0.1) is 0 Å². The number of fused-ring (bicyclic) bond motifs is 1. The summed E-state index contributed by atoms with van der Waals surface area (Å²) < 4.78 is 27.6. The summed E-state index contributed by atoms with van der Waals surface area (Å²) in [7, 11) is 0. The van der Waals surface area contributed by atoms with Gasteiger partial charge in [-0.05, 0) is 37.3 Å². The van der Waals surface area contributed by atoms with E-state index in [4.69, 9.17) is 17.3 Å². The Labute approximate surface area is 102 Å². The topological polar surface area (TPSA) is 60.9 Å². The van der Waals surface area contributed by atoms with E-state index in [2.05, 4.69) is 5.10 Å². The highest BCUT2D eigenvalue weighted by Gasteiger charge is 2.37. The van der Waals surface area contributed by atoms with E-state index in [1.807, 2.05) is 0 Å². The Bertz CT molecular complexity index is 453. The van der Waals surface area contributed by atoms with Crippen molar-refractivity contribution in [2.24, 2.45) is 5.73 Å². The first-order valence-corrected chi connectivity index (χ1v) is 5.71. The molecule has 0 aliphatic heterocycles. The van der Waals surface area contributed by atoms with Gasteiger partial charge in [-0.2, -0.15) is 13.9 Å². The second kappa shape index (κ2) is 4.25. The number of primary amides is 1. The fraction of sp³-hybridized carbons (Fsp3) is 0.600. The number of hydrogen-bond acceptors (Lipinski definition) is 2. The molecule has 0 unspecified atom stereocenters. The molecule has 0 saturated heterocycles. The highest BCUT2D eigenvalue weighted by atomic mass is 35.5. The molecule has 0 radical (unpaired) electrons. The predicted molar refractivity (Wildman–Crippen MR) is 57.8 cm³/mol. The summed E-state index contributed by atoms with van der Waals surface area (Å²) in [6, 6.07) is 0. The molecule has 2 N–H and O–H groups in total. The van der Waals surface area contributed by atoms with E-state index >= 15 is 0 Å². The molecule has 0 aromatic carbocycles. The second-order valence-corrected chi connectivity index (χ2v) is 4.58. The van der Waals surface area contributed by atoms with Gasteiger partial charge in [0.2, 0.25) is 5.91 Å². The molecular weight excluding hydrogens is 252 g/mol. The maximum Gasteiger partial charge on any atom is 0.366 e. The number of carbonyl (C=O) groups excluding carboxylic acids is 1. The Hall–Kier alpha value is -1.17. The van der Waals surface area contributed by atoms with Crippen LogP contribution < -0.4 is 5.73 Å². The Morgan fingerprint density at radius 1 is 1.47 bits per heavy atom. The molecule has 1 aliphatic rings. The fourth-order valence-electron chi connectivity index (χ4n) is 2.18. The highest BCUT2D eigenvalue weighted by Crippen LogP contribution is 2.37. The van der Waals surface area contributed by atoms with Crippen LogP contribution in [0.1, 0.15) is 29.8 Å². The zero-order valence-corrected chi connectivity index (χ0v) is 9.81. The van der Waals surface area contributed by atoms with Crippen molar-refractivity contribution in [1.29, 1.82) is 0 Å². The average Bonchev–Trinajstić information content (AvgIpc) is 2.56. The van der Waals surface area contributed by atoms with E-state index in [0.29, 0.717) is 24.1 Å². The third-order valence-electron chi connectivity index (χ3n) is 2.83. The molecule has 0 saturated carbocycles. The summed E-state index contributed by atoms with van der Waals surface area (Å²) >= 11 is 5.02. The molecule has 7 heteroatoms. The Balaban J connectivity index is 2.47. The van der Waals surface area contributed by atoms with Crippen molar-refractivity contribution >= 4 is 17.5 Å². The number of halogens is 3. The summed E-state index contributed by atoms with van der Waals surface area (Å²) in [6.07, 6.45) is 2.87. The monoisotopic (exact) mass is 263 g/mol. The molecule has 1 amide bonds. The first-order chi connectivity index (χ1) is 7.89. The lowest BCUT2D eigenvalue weighted by molar-refractivity contribution is -0.118. The Morgan fingerprint density at radius 2 is 2.12 bits per heavy atom. The Morgan fingerprint density at radius 3 is 2.71 bits per heavy atom. The minimum Gasteiger partial charge on any atom is -0.368 e. The van der Waals surface area contributed by atoms with E-state index in [1.54, 1.807) is 0 Å². The van der Waals surface area contributed by atoms with Crippen LogP contribution >= 0.6 is 11.6 Å². The van der Waals surface area contributed by atoms with E-state index in [1.165, 1.54) is 4.68 Å². The maximum atomic E-state index is 13.2. The summed E-state index contributed by atoms with van der Waals surface area (Å²) in [5, 5.41) is 0.241. The minimum absolute atomic E-state index is 0.185. The van der Waals surface area contributed by atoms with Crippen LogP contribution in [0.2, 0.25) is 0 Å². The minimum atomic E-state index is -3.50. The number of nitrogens with two attached hydrogens (primary N) is 1. The normalized spacial score (nSPS) is 15.7. The molecule has 0 fully saturated rings. The number of aromatic nitrogens is 2. The number of nitrogens with zero attached hydrogens (tertiary/aromatic N) is 2. The molecule has 1 aliphatic carbocycles. The van der Waals surface area contributed by atoms with Crippen LogP contribution in [0.5, 0.6) is 0 Å². The smallest absolute Gasteiger partial charge is 0.366 e. The van der Waals surface area contributed by atoms with Crippen LogP contribution in [0.4, 0.5) is 8.78 Å². The molecular formula is C10H12ClF2N3O. The highest BCUT2D eigenvalue weighted by molar-refractivity contribution is 6.21. The van der Waals surface area contributed by atoms with Crippen molar-refractivity contribution in [3.8, 4) is 0 Å². The lowest BCUT2D eigenvalue weighted by Gasteiger charge is -2.14. The fourth-order valence-corrected chi connectivity index (χ4v) is 2.33. The van der Waals surface area contributed by atoms with Gasteiger partial charge in [0.1, 0.15) is 6.54 Å².